The monoisotopic (exact) mass is 204 g/mol. The fourth-order valence-corrected chi connectivity index (χ4v) is 2.77. The quantitative estimate of drug-likeness (QED) is 0.689. The minimum atomic E-state index is -0.698. The van der Waals surface area contributed by atoms with E-state index in [0.717, 1.165) is 18.6 Å². The van der Waals surface area contributed by atoms with Crippen LogP contribution >= 0.6 is 0 Å². The van der Waals surface area contributed by atoms with Crippen LogP contribution in [0.4, 0.5) is 0 Å². The molecule has 1 rings (SSSR count). The Morgan fingerprint density at radius 3 is 2.77 bits per heavy atom. The molecule has 0 saturated heterocycles. The lowest BCUT2D eigenvalue weighted by molar-refractivity contribution is 0.468. The largest absolute Gasteiger partial charge is 0.328 e. The van der Waals surface area contributed by atoms with Gasteiger partial charge in [-0.2, -0.15) is 0 Å². The number of nitrogens with two attached hydrogens (primary N) is 1. The van der Waals surface area contributed by atoms with E-state index in [2.05, 4.69) is 12.2 Å². The number of hydrogen-bond acceptors (Lipinski definition) is 3. The molecular formula is C9H20N2OS. The maximum absolute atomic E-state index is 10.9. The lowest BCUT2D eigenvalue weighted by Crippen LogP contribution is -2.38. The fourth-order valence-electron chi connectivity index (χ4n) is 1.97. The first kappa shape index (κ1) is 11.1. The Morgan fingerprint density at radius 2 is 2.31 bits per heavy atom. The molecule has 4 unspecified atom stereocenters. The summed E-state index contributed by atoms with van der Waals surface area (Å²) in [5, 5.41) is 3.47. The second-order valence-electron chi connectivity index (χ2n) is 4.08. The summed E-state index contributed by atoms with van der Waals surface area (Å²) in [6.45, 7) is 2.09. The van der Waals surface area contributed by atoms with Gasteiger partial charge in [-0.25, -0.2) is 0 Å². The van der Waals surface area contributed by atoms with E-state index in [0.29, 0.717) is 18.1 Å². The predicted octanol–water partition coefficient (Wildman–Crippen LogP) is 0.223. The Kier molecular flexibility index (Phi) is 4.35. The third-order valence-corrected chi connectivity index (χ3v) is 3.45. The van der Waals surface area contributed by atoms with E-state index >= 15 is 0 Å². The fraction of sp³-hybridized carbons (Fsp3) is 1.00. The standard InChI is InChI=1S/C9H20N2OS/c1-7(6-13(2)12)11-9-4-3-8(10)5-9/h7-9,11H,3-6,10H2,1-2H3. The first-order valence-corrected chi connectivity index (χ1v) is 6.62. The van der Waals surface area contributed by atoms with E-state index < -0.39 is 10.8 Å². The smallest absolute Gasteiger partial charge is 0.0383 e. The molecule has 0 aromatic carbocycles. The highest BCUT2D eigenvalue weighted by molar-refractivity contribution is 7.84. The molecule has 0 radical (unpaired) electrons. The molecule has 1 aliphatic carbocycles. The number of nitrogens with one attached hydrogen (secondary N) is 1. The SMILES string of the molecule is CC(CS(C)=O)NC1CCC(N)C1. The van der Waals surface area contributed by atoms with Crippen LogP contribution in [0.1, 0.15) is 26.2 Å². The third-order valence-electron chi connectivity index (χ3n) is 2.48. The topological polar surface area (TPSA) is 55.1 Å². The molecule has 78 valence electrons. The van der Waals surface area contributed by atoms with Gasteiger partial charge in [0.05, 0.1) is 0 Å². The highest BCUT2D eigenvalue weighted by Gasteiger charge is 2.22. The van der Waals surface area contributed by atoms with Crippen molar-refractivity contribution in [3.8, 4) is 0 Å². The van der Waals surface area contributed by atoms with Gasteiger partial charge in [0.25, 0.3) is 0 Å². The van der Waals surface area contributed by atoms with Gasteiger partial charge >= 0.3 is 0 Å². The first-order valence-electron chi connectivity index (χ1n) is 4.89. The second-order valence-corrected chi connectivity index (χ2v) is 5.56. The van der Waals surface area contributed by atoms with Gasteiger partial charge in [-0.15, -0.1) is 0 Å². The predicted molar refractivity (Wildman–Crippen MR) is 57.1 cm³/mol. The number of rotatable bonds is 4. The lowest BCUT2D eigenvalue weighted by Gasteiger charge is -2.18. The van der Waals surface area contributed by atoms with Crippen LogP contribution in [0.25, 0.3) is 0 Å². The molecule has 0 bridgehead atoms. The van der Waals surface area contributed by atoms with Crippen molar-refractivity contribution in [2.24, 2.45) is 5.73 Å². The maximum Gasteiger partial charge on any atom is 0.0383 e. The first-order chi connectivity index (χ1) is 6.08. The van der Waals surface area contributed by atoms with Crippen LogP contribution < -0.4 is 11.1 Å². The van der Waals surface area contributed by atoms with Gasteiger partial charge in [0.15, 0.2) is 0 Å². The lowest BCUT2D eigenvalue weighted by atomic mass is 10.2. The normalized spacial score (nSPS) is 33.2. The van der Waals surface area contributed by atoms with Crippen LogP contribution in [-0.4, -0.2) is 34.3 Å². The van der Waals surface area contributed by atoms with Gasteiger partial charge in [-0.3, -0.25) is 4.21 Å². The van der Waals surface area contributed by atoms with Crippen LogP contribution in [0, 0.1) is 0 Å². The molecule has 1 aliphatic rings. The summed E-state index contributed by atoms with van der Waals surface area (Å²) in [6, 6.07) is 1.27. The Morgan fingerprint density at radius 1 is 1.62 bits per heavy atom. The summed E-state index contributed by atoms with van der Waals surface area (Å²) in [5.41, 5.74) is 5.80. The zero-order chi connectivity index (χ0) is 9.84. The molecule has 0 heterocycles. The molecule has 0 aromatic heterocycles. The molecule has 3 N–H and O–H groups in total. The van der Waals surface area contributed by atoms with Crippen molar-refractivity contribution in [1.82, 2.24) is 5.32 Å². The molecule has 13 heavy (non-hydrogen) atoms. The summed E-state index contributed by atoms with van der Waals surface area (Å²) < 4.78 is 10.9. The van der Waals surface area contributed by atoms with Gasteiger partial charge in [0, 0.05) is 40.9 Å². The molecular weight excluding hydrogens is 184 g/mol. The minimum Gasteiger partial charge on any atom is -0.328 e. The van der Waals surface area contributed by atoms with Crippen LogP contribution in [-0.2, 0) is 10.8 Å². The Balaban J connectivity index is 2.20. The second kappa shape index (κ2) is 5.08. The molecule has 4 atom stereocenters. The minimum absolute atomic E-state index is 0.348. The summed E-state index contributed by atoms with van der Waals surface area (Å²) >= 11 is 0. The van der Waals surface area contributed by atoms with Crippen LogP contribution in [0.3, 0.4) is 0 Å². The van der Waals surface area contributed by atoms with Crippen molar-refractivity contribution in [2.75, 3.05) is 12.0 Å². The van der Waals surface area contributed by atoms with Crippen molar-refractivity contribution in [3.63, 3.8) is 0 Å². The van der Waals surface area contributed by atoms with E-state index in [4.69, 9.17) is 5.73 Å². The molecule has 1 fully saturated rings. The van der Waals surface area contributed by atoms with E-state index in [1.165, 1.54) is 6.42 Å². The van der Waals surface area contributed by atoms with Crippen molar-refractivity contribution >= 4 is 10.8 Å². The van der Waals surface area contributed by atoms with Crippen LogP contribution in [0.2, 0.25) is 0 Å². The van der Waals surface area contributed by atoms with Gasteiger partial charge in [0.2, 0.25) is 0 Å². The van der Waals surface area contributed by atoms with E-state index in [1.807, 2.05) is 0 Å². The average Bonchev–Trinajstić information content (AvgIpc) is 2.33. The number of hydrogen-bond donors (Lipinski definition) is 2. The summed E-state index contributed by atoms with van der Waals surface area (Å²) in [6.07, 6.45) is 5.11. The van der Waals surface area contributed by atoms with Gasteiger partial charge in [0.1, 0.15) is 0 Å². The van der Waals surface area contributed by atoms with E-state index in [-0.39, 0.29) is 0 Å². The molecule has 0 aromatic rings. The van der Waals surface area contributed by atoms with Crippen LogP contribution in [0.5, 0.6) is 0 Å². The highest BCUT2D eigenvalue weighted by atomic mass is 32.2. The summed E-state index contributed by atoms with van der Waals surface area (Å²) in [4.78, 5) is 0. The van der Waals surface area contributed by atoms with Gasteiger partial charge in [-0.1, -0.05) is 0 Å². The third kappa shape index (κ3) is 4.20. The van der Waals surface area contributed by atoms with Crippen molar-refractivity contribution in [2.45, 2.75) is 44.3 Å². The molecule has 0 amide bonds. The summed E-state index contributed by atoms with van der Waals surface area (Å²) in [7, 11) is -0.698. The average molecular weight is 204 g/mol. The van der Waals surface area contributed by atoms with Crippen LogP contribution in [0.15, 0.2) is 0 Å². The Bertz CT molecular complexity index is 186. The van der Waals surface area contributed by atoms with Crippen molar-refractivity contribution < 1.29 is 4.21 Å². The highest BCUT2D eigenvalue weighted by Crippen LogP contribution is 2.17. The van der Waals surface area contributed by atoms with Crippen molar-refractivity contribution in [1.29, 1.82) is 0 Å². The molecule has 3 nitrogen and oxygen atoms in total. The van der Waals surface area contributed by atoms with Gasteiger partial charge in [-0.05, 0) is 26.2 Å². The van der Waals surface area contributed by atoms with E-state index in [9.17, 15) is 4.21 Å². The molecule has 4 heteroatoms. The Hall–Kier alpha value is 0.0700. The Labute approximate surface area is 82.9 Å². The van der Waals surface area contributed by atoms with Crippen molar-refractivity contribution in [3.05, 3.63) is 0 Å². The molecule has 0 aliphatic heterocycles. The molecule has 0 spiro atoms. The summed E-state index contributed by atoms with van der Waals surface area (Å²) in [5.74, 6) is 0.742. The maximum atomic E-state index is 10.9. The molecule has 1 saturated carbocycles. The van der Waals surface area contributed by atoms with E-state index in [1.54, 1.807) is 6.26 Å². The zero-order valence-electron chi connectivity index (χ0n) is 8.45. The van der Waals surface area contributed by atoms with Gasteiger partial charge < -0.3 is 11.1 Å². The zero-order valence-corrected chi connectivity index (χ0v) is 9.27.